The molecular weight excluding hydrogens is 739 g/mol. The number of benzene rings is 9. The fourth-order valence-electron chi connectivity index (χ4n) is 10.1. The highest BCUT2D eigenvalue weighted by Gasteiger charge is 2.21. The number of hydrogen-bond donors (Lipinski definition) is 0. The van der Waals surface area contributed by atoms with Crippen LogP contribution in [-0.4, -0.2) is 13.7 Å². The van der Waals surface area contributed by atoms with Gasteiger partial charge in [-0.25, -0.2) is 0 Å². The van der Waals surface area contributed by atoms with E-state index >= 15 is 0 Å². The van der Waals surface area contributed by atoms with Crippen molar-refractivity contribution in [3.8, 4) is 17.1 Å². The molecule has 0 atom stereocenters. The predicted octanol–water partition coefficient (Wildman–Crippen LogP) is 15.2. The molecule has 0 fully saturated rings. The van der Waals surface area contributed by atoms with E-state index < -0.39 is 0 Å². The van der Waals surface area contributed by atoms with Crippen LogP contribution < -0.4 is 0 Å². The zero-order valence-electron chi connectivity index (χ0n) is 31.6. The van der Waals surface area contributed by atoms with Gasteiger partial charge < -0.3 is 18.1 Å². The van der Waals surface area contributed by atoms with E-state index in [0.717, 1.165) is 33.3 Å². The zero-order valence-corrected chi connectivity index (χ0v) is 32.4. The fourth-order valence-corrected chi connectivity index (χ4v) is 11.4. The third-order valence-electron chi connectivity index (χ3n) is 12.6. The van der Waals surface area contributed by atoms with E-state index in [2.05, 4.69) is 190 Å². The molecule has 0 radical (unpaired) electrons. The molecule has 5 aromatic heterocycles. The number of rotatable bonds is 3. The Morgan fingerprint density at radius 1 is 0.305 bits per heavy atom. The fraction of sp³-hybridized carbons (Fsp3) is 0. The molecule has 0 saturated carbocycles. The van der Waals surface area contributed by atoms with E-state index in [1.807, 2.05) is 23.5 Å². The van der Waals surface area contributed by atoms with Crippen LogP contribution in [0.2, 0.25) is 0 Å². The first-order chi connectivity index (χ1) is 29.3. The van der Waals surface area contributed by atoms with Gasteiger partial charge >= 0.3 is 0 Å². The van der Waals surface area contributed by atoms with Crippen molar-refractivity contribution in [2.75, 3.05) is 0 Å². The van der Waals surface area contributed by atoms with Crippen molar-refractivity contribution >= 4 is 119 Å². The summed E-state index contributed by atoms with van der Waals surface area (Å²) in [5.41, 5.74) is 12.5. The van der Waals surface area contributed by atoms with Gasteiger partial charge in [0.25, 0.3) is 0 Å². The lowest BCUT2D eigenvalue weighted by atomic mass is 10.1. The maximum absolute atomic E-state index is 6.21. The molecule has 0 aliphatic rings. The number of fused-ring (bicyclic) bond motifs is 16. The molecule has 5 heterocycles. The standard InChI is InChI=1S/C54H31N3OS/c1-6-16-44-35(11-1)36-12-2-7-17-45(36)55(44)32-21-25-48-41(29-32)37-13-3-8-18-46(37)56(48)34-23-28-52-43(31-34)39-24-26-49-53(54(39)59-52)40-15-4-9-19-47(40)57(49)33-22-27-51-42(30-33)38-14-5-10-20-50(38)58-51/h1-31H. The summed E-state index contributed by atoms with van der Waals surface area (Å²) in [5.74, 6) is 0. The molecule has 9 aromatic carbocycles. The van der Waals surface area contributed by atoms with E-state index in [-0.39, 0.29) is 0 Å². The number of para-hydroxylation sites is 5. The molecule has 0 aliphatic heterocycles. The Bertz CT molecular complexity index is 4040. The van der Waals surface area contributed by atoms with Crippen LogP contribution in [0.4, 0.5) is 0 Å². The highest BCUT2D eigenvalue weighted by Crippen LogP contribution is 2.45. The summed E-state index contributed by atoms with van der Waals surface area (Å²) < 4.78 is 16.1. The Morgan fingerprint density at radius 3 is 1.46 bits per heavy atom. The number of hydrogen-bond acceptors (Lipinski definition) is 2. The van der Waals surface area contributed by atoms with Gasteiger partial charge in [0.1, 0.15) is 11.2 Å². The number of nitrogens with zero attached hydrogens (tertiary/aromatic N) is 3. The summed E-state index contributed by atoms with van der Waals surface area (Å²) in [6.07, 6.45) is 0. The highest BCUT2D eigenvalue weighted by atomic mass is 32.1. The van der Waals surface area contributed by atoms with Crippen molar-refractivity contribution in [3.05, 3.63) is 188 Å². The molecule has 0 aliphatic carbocycles. The molecule has 14 aromatic rings. The second-order valence-corrected chi connectivity index (χ2v) is 16.7. The summed E-state index contributed by atoms with van der Waals surface area (Å²) in [5, 5.41) is 12.4. The topological polar surface area (TPSA) is 27.9 Å². The maximum Gasteiger partial charge on any atom is 0.135 e. The molecule has 0 unspecified atom stereocenters. The molecule has 0 saturated heterocycles. The lowest BCUT2D eigenvalue weighted by Gasteiger charge is -2.10. The van der Waals surface area contributed by atoms with Crippen LogP contribution in [0.25, 0.3) is 125 Å². The lowest BCUT2D eigenvalue weighted by molar-refractivity contribution is 0.669. The Morgan fingerprint density at radius 2 is 0.763 bits per heavy atom. The van der Waals surface area contributed by atoms with Crippen LogP contribution in [-0.2, 0) is 0 Å². The van der Waals surface area contributed by atoms with Gasteiger partial charge in [-0.05, 0) is 91.0 Å². The van der Waals surface area contributed by atoms with Crippen LogP contribution in [0.5, 0.6) is 0 Å². The molecular formula is C54H31N3OS. The molecule has 0 N–H and O–H groups in total. The first-order valence-electron chi connectivity index (χ1n) is 20.1. The van der Waals surface area contributed by atoms with Crippen LogP contribution >= 0.6 is 11.3 Å². The van der Waals surface area contributed by atoms with Gasteiger partial charge in [-0.2, -0.15) is 0 Å². The smallest absolute Gasteiger partial charge is 0.135 e. The summed E-state index contributed by atoms with van der Waals surface area (Å²) >= 11 is 1.90. The van der Waals surface area contributed by atoms with E-state index in [1.165, 1.54) is 91.3 Å². The first kappa shape index (κ1) is 31.5. The summed E-state index contributed by atoms with van der Waals surface area (Å²) in [6.45, 7) is 0. The van der Waals surface area contributed by atoms with E-state index in [0.29, 0.717) is 0 Å². The second-order valence-electron chi connectivity index (χ2n) is 15.7. The van der Waals surface area contributed by atoms with Crippen LogP contribution in [0.15, 0.2) is 192 Å². The molecule has 14 rings (SSSR count). The van der Waals surface area contributed by atoms with Crippen molar-refractivity contribution in [2.24, 2.45) is 0 Å². The molecule has 0 amide bonds. The van der Waals surface area contributed by atoms with Gasteiger partial charge in [0.2, 0.25) is 0 Å². The molecule has 0 spiro atoms. The minimum absolute atomic E-state index is 0.908. The zero-order chi connectivity index (χ0) is 38.3. The third kappa shape index (κ3) is 4.21. The van der Waals surface area contributed by atoms with Crippen LogP contribution in [0.1, 0.15) is 0 Å². The van der Waals surface area contributed by atoms with Gasteiger partial charge in [-0.15, -0.1) is 11.3 Å². The normalized spacial score (nSPS) is 12.4. The van der Waals surface area contributed by atoms with Gasteiger partial charge in [0.05, 0.1) is 33.1 Å². The average Bonchev–Trinajstić information content (AvgIpc) is 4.09. The van der Waals surface area contributed by atoms with E-state index in [9.17, 15) is 0 Å². The van der Waals surface area contributed by atoms with Crippen molar-refractivity contribution in [3.63, 3.8) is 0 Å². The Balaban J connectivity index is 0.973. The quantitative estimate of drug-likeness (QED) is 0.176. The largest absolute Gasteiger partial charge is 0.456 e. The van der Waals surface area contributed by atoms with Crippen molar-refractivity contribution < 1.29 is 4.42 Å². The molecule has 274 valence electrons. The van der Waals surface area contributed by atoms with Crippen molar-refractivity contribution in [2.45, 2.75) is 0 Å². The Hall–Kier alpha value is -7.60. The SMILES string of the molecule is c1ccc2c(c1)oc1ccc(-n3c4ccccc4c4c5sc6ccc(-n7c8ccccc8c8cc(-n9c%10ccccc%10c%10ccccc%109)ccc87)cc6c5ccc43)cc12. The molecule has 0 bridgehead atoms. The van der Waals surface area contributed by atoms with Gasteiger partial charge in [0.15, 0.2) is 0 Å². The van der Waals surface area contributed by atoms with E-state index in [4.69, 9.17) is 4.42 Å². The minimum atomic E-state index is 0.908. The summed E-state index contributed by atoms with van der Waals surface area (Å²) in [6, 6.07) is 68.7. The molecule has 4 nitrogen and oxygen atoms in total. The summed E-state index contributed by atoms with van der Waals surface area (Å²) in [7, 11) is 0. The monoisotopic (exact) mass is 769 g/mol. The maximum atomic E-state index is 6.21. The average molecular weight is 770 g/mol. The molecule has 59 heavy (non-hydrogen) atoms. The van der Waals surface area contributed by atoms with Gasteiger partial charge in [-0.1, -0.05) is 97.1 Å². The number of furan rings is 1. The Labute approximate surface area is 340 Å². The first-order valence-corrected chi connectivity index (χ1v) is 20.9. The number of aromatic nitrogens is 3. The van der Waals surface area contributed by atoms with Crippen molar-refractivity contribution in [1.82, 2.24) is 13.7 Å². The predicted molar refractivity (Wildman–Crippen MR) is 250 cm³/mol. The highest BCUT2D eigenvalue weighted by molar-refractivity contribution is 7.26. The van der Waals surface area contributed by atoms with Crippen LogP contribution in [0, 0.1) is 0 Å². The minimum Gasteiger partial charge on any atom is -0.456 e. The number of thiophene rings is 1. The second kappa shape index (κ2) is 11.5. The molecule has 5 heteroatoms. The Kier molecular flexibility index (Phi) is 6.14. The van der Waals surface area contributed by atoms with Crippen LogP contribution in [0.3, 0.4) is 0 Å². The third-order valence-corrected chi connectivity index (χ3v) is 13.8. The summed E-state index contributed by atoms with van der Waals surface area (Å²) in [4.78, 5) is 0. The van der Waals surface area contributed by atoms with Gasteiger partial charge in [-0.3, -0.25) is 0 Å². The lowest BCUT2D eigenvalue weighted by Crippen LogP contribution is -1.95. The van der Waals surface area contributed by atoms with E-state index in [1.54, 1.807) is 0 Å². The van der Waals surface area contributed by atoms with Gasteiger partial charge in [0, 0.05) is 80.3 Å². The van der Waals surface area contributed by atoms with Crippen molar-refractivity contribution in [1.29, 1.82) is 0 Å².